The number of carbonyl (C=O) groups excluding carboxylic acids is 1. The molecular formula is C14H20N2O3. The molecule has 0 saturated heterocycles. The maximum Gasteiger partial charge on any atom is 0.326 e. The van der Waals surface area contributed by atoms with E-state index in [1.807, 2.05) is 18.2 Å². The van der Waals surface area contributed by atoms with Crippen LogP contribution in [0.25, 0.3) is 0 Å². The Morgan fingerprint density at radius 2 is 2.05 bits per heavy atom. The first kappa shape index (κ1) is 15.1. The van der Waals surface area contributed by atoms with Crippen molar-refractivity contribution in [1.82, 2.24) is 10.3 Å². The molecular weight excluding hydrogens is 244 g/mol. The fraction of sp³-hybridized carbons (Fsp3) is 0.500. The molecule has 1 heterocycles. The van der Waals surface area contributed by atoms with Gasteiger partial charge in [0.05, 0.1) is 0 Å². The number of hydrogen-bond acceptors (Lipinski definition) is 3. The molecule has 1 aromatic heterocycles. The lowest BCUT2D eigenvalue weighted by Crippen LogP contribution is -2.49. The van der Waals surface area contributed by atoms with Crippen molar-refractivity contribution in [1.29, 1.82) is 0 Å². The highest BCUT2D eigenvalue weighted by Gasteiger charge is 2.32. The van der Waals surface area contributed by atoms with Crippen LogP contribution in [0.15, 0.2) is 24.4 Å². The normalized spacial score (nSPS) is 12.8. The summed E-state index contributed by atoms with van der Waals surface area (Å²) in [7, 11) is 0. The molecule has 0 aromatic carbocycles. The summed E-state index contributed by atoms with van der Waals surface area (Å²) in [6.45, 7) is 5.35. The molecule has 0 fully saturated rings. The Bertz CT molecular complexity index is 438. The summed E-state index contributed by atoms with van der Waals surface area (Å²) in [6.07, 6.45) is 2.41. The Hall–Kier alpha value is -1.91. The summed E-state index contributed by atoms with van der Waals surface area (Å²) in [4.78, 5) is 27.0. The van der Waals surface area contributed by atoms with Crippen LogP contribution in [0.2, 0.25) is 0 Å². The summed E-state index contributed by atoms with van der Waals surface area (Å²) < 4.78 is 0. The number of pyridine rings is 1. The molecule has 1 aromatic rings. The number of carboxylic acid groups (broad SMARTS) is 1. The Morgan fingerprint density at radius 3 is 2.53 bits per heavy atom. The van der Waals surface area contributed by atoms with Crippen molar-refractivity contribution in [3.8, 4) is 0 Å². The second kappa shape index (κ2) is 6.31. The van der Waals surface area contributed by atoms with Gasteiger partial charge in [-0.25, -0.2) is 4.79 Å². The lowest BCUT2D eigenvalue weighted by atomic mass is 9.86. The predicted molar refractivity (Wildman–Crippen MR) is 71.6 cm³/mol. The second-order valence-electron chi connectivity index (χ2n) is 5.53. The molecule has 0 aliphatic carbocycles. The zero-order chi connectivity index (χ0) is 14.5. The summed E-state index contributed by atoms with van der Waals surface area (Å²) in [5, 5.41) is 11.7. The summed E-state index contributed by atoms with van der Waals surface area (Å²) >= 11 is 0. The van der Waals surface area contributed by atoms with Gasteiger partial charge in [0.15, 0.2) is 0 Å². The molecule has 1 rings (SSSR count). The third-order valence-electron chi connectivity index (χ3n) is 2.75. The van der Waals surface area contributed by atoms with E-state index < -0.39 is 17.4 Å². The van der Waals surface area contributed by atoms with Crippen molar-refractivity contribution < 1.29 is 14.7 Å². The highest BCUT2D eigenvalue weighted by molar-refractivity contribution is 5.84. The maximum atomic E-state index is 11.8. The fourth-order valence-electron chi connectivity index (χ4n) is 1.67. The lowest BCUT2D eigenvalue weighted by molar-refractivity contribution is -0.144. The average molecular weight is 264 g/mol. The van der Waals surface area contributed by atoms with Gasteiger partial charge in [-0.05, 0) is 24.0 Å². The minimum absolute atomic E-state index is 0.233. The zero-order valence-corrected chi connectivity index (χ0v) is 11.5. The van der Waals surface area contributed by atoms with Gasteiger partial charge in [0.25, 0.3) is 0 Å². The van der Waals surface area contributed by atoms with Crippen LogP contribution >= 0.6 is 0 Å². The number of rotatable bonds is 5. The number of amides is 1. The van der Waals surface area contributed by atoms with Gasteiger partial charge in [0, 0.05) is 18.3 Å². The van der Waals surface area contributed by atoms with Gasteiger partial charge in [-0.15, -0.1) is 0 Å². The Balaban J connectivity index is 2.52. The molecule has 0 spiro atoms. The summed E-state index contributed by atoms with van der Waals surface area (Å²) in [6, 6.07) is 4.62. The SMILES string of the molecule is CC(C)(C)[C@@H](NC(=O)CCc1ccccn1)C(=O)O. The van der Waals surface area contributed by atoms with E-state index in [9.17, 15) is 9.59 Å². The van der Waals surface area contributed by atoms with Gasteiger partial charge in [-0.3, -0.25) is 9.78 Å². The minimum Gasteiger partial charge on any atom is -0.480 e. The van der Waals surface area contributed by atoms with Crippen LogP contribution in [0.3, 0.4) is 0 Å². The van der Waals surface area contributed by atoms with Crippen LogP contribution in [-0.4, -0.2) is 28.0 Å². The van der Waals surface area contributed by atoms with Crippen molar-refractivity contribution in [3.05, 3.63) is 30.1 Å². The molecule has 19 heavy (non-hydrogen) atoms. The van der Waals surface area contributed by atoms with E-state index in [0.717, 1.165) is 5.69 Å². The first-order valence-electron chi connectivity index (χ1n) is 6.23. The number of aliphatic carboxylic acids is 1. The number of carbonyl (C=O) groups is 2. The van der Waals surface area contributed by atoms with Crippen molar-refractivity contribution in [2.45, 2.75) is 39.7 Å². The molecule has 104 valence electrons. The van der Waals surface area contributed by atoms with Gasteiger partial charge in [0.1, 0.15) is 6.04 Å². The van der Waals surface area contributed by atoms with Crippen molar-refractivity contribution in [3.63, 3.8) is 0 Å². The first-order chi connectivity index (χ1) is 8.80. The number of nitrogens with zero attached hydrogens (tertiary/aromatic N) is 1. The quantitative estimate of drug-likeness (QED) is 0.847. The topological polar surface area (TPSA) is 79.3 Å². The smallest absolute Gasteiger partial charge is 0.326 e. The molecule has 0 radical (unpaired) electrons. The number of aryl methyl sites for hydroxylation is 1. The van der Waals surface area contributed by atoms with E-state index in [0.29, 0.717) is 6.42 Å². The van der Waals surface area contributed by atoms with Crippen LogP contribution < -0.4 is 5.32 Å². The first-order valence-corrected chi connectivity index (χ1v) is 6.23. The van der Waals surface area contributed by atoms with Crippen LogP contribution in [0.4, 0.5) is 0 Å². The number of aromatic nitrogens is 1. The van der Waals surface area contributed by atoms with Crippen molar-refractivity contribution in [2.24, 2.45) is 5.41 Å². The van der Waals surface area contributed by atoms with Crippen molar-refractivity contribution in [2.75, 3.05) is 0 Å². The maximum absolute atomic E-state index is 11.8. The van der Waals surface area contributed by atoms with Crippen LogP contribution in [0.5, 0.6) is 0 Å². The van der Waals surface area contributed by atoms with Gasteiger partial charge in [-0.1, -0.05) is 26.8 Å². The second-order valence-corrected chi connectivity index (χ2v) is 5.53. The Labute approximate surface area is 113 Å². The molecule has 5 heteroatoms. The molecule has 2 N–H and O–H groups in total. The molecule has 0 bridgehead atoms. The monoisotopic (exact) mass is 264 g/mol. The van der Waals surface area contributed by atoms with Crippen LogP contribution in [0.1, 0.15) is 32.9 Å². The average Bonchev–Trinajstić information content (AvgIpc) is 2.33. The lowest BCUT2D eigenvalue weighted by Gasteiger charge is -2.27. The molecule has 5 nitrogen and oxygen atoms in total. The number of carboxylic acids is 1. The van der Waals surface area contributed by atoms with Crippen LogP contribution in [0, 0.1) is 5.41 Å². The molecule has 0 unspecified atom stereocenters. The standard InChI is InChI=1S/C14H20N2O3/c1-14(2,3)12(13(18)19)16-11(17)8-7-10-6-4-5-9-15-10/h4-6,9,12H,7-8H2,1-3H3,(H,16,17)(H,18,19)/t12-/m0/s1. The number of nitrogens with one attached hydrogen (secondary N) is 1. The van der Waals surface area contributed by atoms with Gasteiger partial charge < -0.3 is 10.4 Å². The van der Waals surface area contributed by atoms with Gasteiger partial charge in [0.2, 0.25) is 5.91 Å². The van der Waals surface area contributed by atoms with E-state index in [-0.39, 0.29) is 12.3 Å². The van der Waals surface area contributed by atoms with E-state index in [2.05, 4.69) is 10.3 Å². The third kappa shape index (κ3) is 5.07. The molecule has 0 aliphatic rings. The van der Waals surface area contributed by atoms with Crippen LogP contribution in [-0.2, 0) is 16.0 Å². The largest absolute Gasteiger partial charge is 0.480 e. The number of hydrogen-bond donors (Lipinski definition) is 2. The predicted octanol–water partition coefficient (Wildman–Crippen LogP) is 1.63. The summed E-state index contributed by atoms with van der Waals surface area (Å²) in [5.41, 5.74) is 0.298. The Morgan fingerprint density at radius 1 is 1.37 bits per heavy atom. The third-order valence-corrected chi connectivity index (χ3v) is 2.75. The summed E-state index contributed by atoms with van der Waals surface area (Å²) in [5.74, 6) is -1.29. The van der Waals surface area contributed by atoms with E-state index >= 15 is 0 Å². The zero-order valence-electron chi connectivity index (χ0n) is 11.5. The van der Waals surface area contributed by atoms with Gasteiger partial charge >= 0.3 is 5.97 Å². The van der Waals surface area contributed by atoms with E-state index in [4.69, 9.17) is 5.11 Å². The minimum atomic E-state index is -1.02. The Kier molecular flexibility index (Phi) is 5.03. The van der Waals surface area contributed by atoms with Crippen molar-refractivity contribution >= 4 is 11.9 Å². The molecule has 0 saturated carbocycles. The molecule has 1 amide bonds. The highest BCUT2D eigenvalue weighted by Crippen LogP contribution is 2.19. The van der Waals surface area contributed by atoms with E-state index in [1.54, 1.807) is 27.0 Å². The van der Waals surface area contributed by atoms with E-state index in [1.165, 1.54) is 0 Å². The molecule has 0 aliphatic heterocycles. The molecule has 1 atom stereocenters. The highest BCUT2D eigenvalue weighted by atomic mass is 16.4. The van der Waals surface area contributed by atoms with Gasteiger partial charge in [-0.2, -0.15) is 0 Å². The fourth-order valence-corrected chi connectivity index (χ4v) is 1.67.